The summed E-state index contributed by atoms with van der Waals surface area (Å²) in [5.74, 6) is 0.604. The van der Waals surface area contributed by atoms with Crippen LogP contribution in [0.3, 0.4) is 0 Å². The number of hydrogen-bond acceptors (Lipinski definition) is 5. The van der Waals surface area contributed by atoms with Gasteiger partial charge in [0.2, 0.25) is 5.75 Å². The van der Waals surface area contributed by atoms with Crippen LogP contribution in [0.25, 0.3) is 11.1 Å². The minimum atomic E-state index is -0.618. The number of aromatic nitrogens is 1. The molecule has 1 N–H and O–H groups in total. The fourth-order valence-corrected chi connectivity index (χ4v) is 1.86. The standard InChI is InChI=1S/C11H10N2O4/c1-5-9(14)8(13(15)16)4-7-10(5)17-11(12-7)6-2-3-6/h4,6,14H,2-3H2,1H3. The van der Waals surface area contributed by atoms with Crippen molar-refractivity contribution in [3.63, 3.8) is 0 Å². The van der Waals surface area contributed by atoms with Crippen molar-refractivity contribution < 1.29 is 14.4 Å². The van der Waals surface area contributed by atoms with E-state index in [2.05, 4.69) is 4.98 Å². The van der Waals surface area contributed by atoms with Gasteiger partial charge in [0.15, 0.2) is 11.5 Å². The highest BCUT2D eigenvalue weighted by molar-refractivity contribution is 5.83. The number of rotatable bonds is 2. The van der Waals surface area contributed by atoms with Crippen LogP contribution in [0.2, 0.25) is 0 Å². The van der Waals surface area contributed by atoms with Crippen LogP contribution < -0.4 is 0 Å². The van der Waals surface area contributed by atoms with E-state index in [0.717, 1.165) is 12.8 Å². The maximum absolute atomic E-state index is 10.8. The molecule has 1 aliphatic carbocycles. The molecule has 17 heavy (non-hydrogen) atoms. The van der Waals surface area contributed by atoms with Crippen LogP contribution in [0.1, 0.15) is 30.2 Å². The molecule has 3 rings (SSSR count). The summed E-state index contributed by atoms with van der Waals surface area (Å²) in [6, 6.07) is 1.26. The van der Waals surface area contributed by atoms with Crippen LogP contribution in [0.5, 0.6) is 5.75 Å². The van der Waals surface area contributed by atoms with Gasteiger partial charge in [-0.25, -0.2) is 4.98 Å². The number of phenols is 1. The van der Waals surface area contributed by atoms with Gasteiger partial charge in [0, 0.05) is 17.5 Å². The SMILES string of the molecule is Cc1c(O)c([N+](=O)[O-])cc2nc(C3CC3)oc12. The quantitative estimate of drug-likeness (QED) is 0.637. The lowest BCUT2D eigenvalue weighted by atomic mass is 10.1. The van der Waals surface area contributed by atoms with Crippen LogP contribution >= 0.6 is 0 Å². The number of aromatic hydroxyl groups is 1. The van der Waals surface area contributed by atoms with Gasteiger partial charge in [0.1, 0.15) is 5.52 Å². The highest BCUT2D eigenvalue weighted by Crippen LogP contribution is 2.43. The highest BCUT2D eigenvalue weighted by Gasteiger charge is 2.30. The van der Waals surface area contributed by atoms with E-state index < -0.39 is 4.92 Å². The zero-order valence-corrected chi connectivity index (χ0v) is 9.14. The lowest BCUT2D eigenvalue weighted by Gasteiger charge is -1.99. The number of nitro groups is 1. The molecule has 6 nitrogen and oxygen atoms in total. The van der Waals surface area contributed by atoms with Gasteiger partial charge in [0.05, 0.1) is 4.92 Å². The summed E-state index contributed by atoms with van der Waals surface area (Å²) in [4.78, 5) is 14.4. The summed E-state index contributed by atoms with van der Waals surface area (Å²) < 4.78 is 5.54. The van der Waals surface area contributed by atoms with Crippen LogP contribution in [0, 0.1) is 17.0 Å². The first kappa shape index (κ1) is 10.1. The number of phenolic OH excluding ortho intramolecular Hbond substituents is 1. The Morgan fingerprint density at radius 3 is 2.88 bits per heavy atom. The fourth-order valence-electron chi connectivity index (χ4n) is 1.86. The Kier molecular flexibility index (Phi) is 1.89. The molecule has 0 atom stereocenters. The van der Waals surface area contributed by atoms with E-state index in [4.69, 9.17) is 4.42 Å². The van der Waals surface area contributed by atoms with Crippen LogP contribution in [-0.2, 0) is 0 Å². The van der Waals surface area contributed by atoms with Crippen molar-refractivity contribution in [3.05, 3.63) is 27.6 Å². The lowest BCUT2D eigenvalue weighted by molar-refractivity contribution is -0.385. The maximum atomic E-state index is 10.8. The minimum absolute atomic E-state index is 0.328. The predicted molar refractivity (Wildman–Crippen MR) is 59.0 cm³/mol. The summed E-state index contributed by atoms with van der Waals surface area (Å²) in [6.45, 7) is 1.59. The Morgan fingerprint density at radius 2 is 2.29 bits per heavy atom. The van der Waals surface area contributed by atoms with Gasteiger partial charge in [-0.3, -0.25) is 10.1 Å². The van der Waals surface area contributed by atoms with Crippen molar-refractivity contribution in [3.8, 4) is 5.75 Å². The van der Waals surface area contributed by atoms with E-state index in [1.165, 1.54) is 6.07 Å². The number of hydrogen-bond donors (Lipinski definition) is 1. The number of nitrogens with zero attached hydrogens (tertiary/aromatic N) is 2. The van der Waals surface area contributed by atoms with Crippen LogP contribution in [0.4, 0.5) is 5.69 Å². The number of aryl methyl sites for hydroxylation is 1. The predicted octanol–water partition coefficient (Wildman–Crippen LogP) is 2.63. The Bertz CT molecular complexity index is 628. The monoisotopic (exact) mass is 234 g/mol. The first-order chi connectivity index (χ1) is 8.08. The van der Waals surface area contributed by atoms with Crippen molar-refractivity contribution in [2.45, 2.75) is 25.7 Å². The molecule has 1 heterocycles. The Labute approximate surface area is 96.0 Å². The summed E-state index contributed by atoms with van der Waals surface area (Å²) in [5.41, 5.74) is 0.920. The molecule has 6 heteroatoms. The van der Waals surface area contributed by atoms with Gasteiger partial charge in [-0.1, -0.05) is 0 Å². The normalized spacial score (nSPS) is 15.4. The molecule has 0 aliphatic heterocycles. The molecule has 0 unspecified atom stereocenters. The van der Waals surface area contributed by atoms with Crippen molar-refractivity contribution >= 4 is 16.8 Å². The molecule has 1 saturated carbocycles. The van der Waals surface area contributed by atoms with E-state index in [-0.39, 0.29) is 11.4 Å². The zero-order valence-electron chi connectivity index (χ0n) is 9.14. The van der Waals surface area contributed by atoms with Crippen molar-refractivity contribution in [1.82, 2.24) is 4.98 Å². The van der Waals surface area contributed by atoms with Crippen molar-refractivity contribution in [2.24, 2.45) is 0 Å². The van der Waals surface area contributed by atoms with Gasteiger partial charge in [-0.2, -0.15) is 0 Å². The van der Waals surface area contributed by atoms with Gasteiger partial charge >= 0.3 is 5.69 Å². The first-order valence-corrected chi connectivity index (χ1v) is 5.35. The van der Waals surface area contributed by atoms with E-state index in [1.54, 1.807) is 6.92 Å². The fraction of sp³-hybridized carbons (Fsp3) is 0.364. The van der Waals surface area contributed by atoms with Gasteiger partial charge < -0.3 is 9.52 Å². The van der Waals surface area contributed by atoms with E-state index in [1.807, 2.05) is 0 Å². The van der Waals surface area contributed by atoms with Crippen LogP contribution in [-0.4, -0.2) is 15.0 Å². The second-order valence-electron chi connectivity index (χ2n) is 4.30. The average Bonchev–Trinajstić information content (AvgIpc) is 3.04. The molecule has 1 aliphatic rings. The molecule has 0 amide bonds. The zero-order chi connectivity index (χ0) is 12.2. The Hall–Kier alpha value is -2.11. The largest absolute Gasteiger partial charge is 0.502 e. The van der Waals surface area contributed by atoms with Gasteiger partial charge in [-0.05, 0) is 19.8 Å². The molecule has 0 saturated heterocycles. The van der Waals surface area contributed by atoms with Gasteiger partial charge in [-0.15, -0.1) is 0 Å². The highest BCUT2D eigenvalue weighted by atomic mass is 16.6. The topological polar surface area (TPSA) is 89.4 Å². The minimum Gasteiger partial charge on any atom is -0.502 e. The molecule has 2 aromatic rings. The first-order valence-electron chi connectivity index (χ1n) is 5.35. The summed E-state index contributed by atoms with van der Waals surface area (Å²) >= 11 is 0. The third-order valence-electron chi connectivity index (χ3n) is 3.01. The molecule has 1 aromatic heterocycles. The molecule has 1 aromatic carbocycles. The van der Waals surface area contributed by atoms with Crippen molar-refractivity contribution in [2.75, 3.05) is 0 Å². The number of nitro benzene ring substituents is 1. The molecule has 0 bridgehead atoms. The van der Waals surface area contributed by atoms with Crippen LogP contribution in [0.15, 0.2) is 10.5 Å². The van der Waals surface area contributed by atoms with Gasteiger partial charge in [0.25, 0.3) is 0 Å². The number of benzene rings is 1. The Balaban J connectivity index is 2.27. The van der Waals surface area contributed by atoms with E-state index in [9.17, 15) is 15.2 Å². The summed E-state index contributed by atoms with van der Waals surface area (Å²) in [6.07, 6.45) is 2.08. The van der Waals surface area contributed by atoms with E-state index in [0.29, 0.717) is 28.5 Å². The summed E-state index contributed by atoms with van der Waals surface area (Å²) in [5, 5.41) is 20.5. The molecule has 0 spiro atoms. The molecule has 1 fully saturated rings. The second kappa shape index (κ2) is 3.19. The second-order valence-corrected chi connectivity index (χ2v) is 4.30. The third kappa shape index (κ3) is 1.44. The van der Waals surface area contributed by atoms with Crippen molar-refractivity contribution in [1.29, 1.82) is 0 Å². The molecule has 0 radical (unpaired) electrons. The average molecular weight is 234 g/mol. The lowest BCUT2D eigenvalue weighted by Crippen LogP contribution is -1.90. The number of fused-ring (bicyclic) bond motifs is 1. The summed E-state index contributed by atoms with van der Waals surface area (Å²) in [7, 11) is 0. The Morgan fingerprint density at radius 1 is 1.59 bits per heavy atom. The molecule has 88 valence electrons. The smallest absolute Gasteiger partial charge is 0.313 e. The third-order valence-corrected chi connectivity index (χ3v) is 3.01. The molecular weight excluding hydrogens is 224 g/mol. The maximum Gasteiger partial charge on any atom is 0.313 e. The molecular formula is C11H10N2O4. The number of oxazole rings is 1. The van der Waals surface area contributed by atoms with E-state index >= 15 is 0 Å².